The summed E-state index contributed by atoms with van der Waals surface area (Å²) < 4.78 is 4.65. The van der Waals surface area contributed by atoms with Crippen LogP contribution < -0.4 is 5.73 Å². The molecule has 0 saturated carbocycles. The van der Waals surface area contributed by atoms with Crippen LogP contribution in [0.4, 0.5) is 5.69 Å². The second-order valence-corrected chi connectivity index (χ2v) is 3.86. The van der Waals surface area contributed by atoms with Gasteiger partial charge in [-0.15, -0.1) is 0 Å². The Hall–Kier alpha value is -2.23. The van der Waals surface area contributed by atoms with Gasteiger partial charge in [-0.1, -0.05) is 6.07 Å². The van der Waals surface area contributed by atoms with Gasteiger partial charge in [-0.05, 0) is 36.2 Å². The highest BCUT2D eigenvalue weighted by molar-refractivity contribution is 5.90. The zero-order valence-electron chi connectivity index (χ0n) is 9.78. The first-order chi connectivity index (χ1) is 8.11. The molecule has 0 aliphatic carbocycles. The molecule has 0 saturated heterocycles. The number of esters is 1. The Morgan fingerprint density at radius 2 is 2.12 bits per heavy atom. The Kier molecular flexibility index (Phi) is 2.87. The minimum Gasteiger partial charge on any atom is -0.465 e. The normalized spacial score (nSPS) is 10.2. The van der Waals surface area contributed by atoms with Crippen molar-refractivity contribution in [2.45, 2.75) is 6.92 Å². The van der Waals surface area contributed by atoms with E-state index in [-0.39, 0.29) is 5.97 Å². The third-order valence-corrected chi connectivity index (χ3v) is 2.68. The molecule has 88 valence electrons. The summed E-state index contributed by atoms with van der Waals surface area (Å²) in [6, 6.07) is 7.50. The first-order valence-electron chi connectivity index (χ1n) is 5.25. The number of aromatic nitrogens is 1. The number of hydrogen-bond donors (Lipinski definition) is 2. The van der Waals surface area contributed by atoms with Crippen LogP contribution in [0.2, 0.25) is 0 Å². The van der Waals surface area contributed by atoms with Gasteiger partial charge in [0.05, 0.1) is 12.7 Å². The molecule has 0 fully saturated rings. The lowest BCUT2D eigenvalue weighted by molar-refractivity contribution is 0.0601. The number of nitrogens with one attached hydrogen (secondary N) is 1. The largest absolute Gasteiger partial charge is 0.465 e. The van der Waals surface area contributed by atoms with Crippen LogP contribution in [0.15, 0.2) is 30.5 Å². The summed E-state index contributed by atoms with van der Waals surface area (Å²) >= 11 is 0. The Morgan fingerprint density at radius 1 is 1.35 bits per heavy atom. The molecule has 4 nitrogen and oxygen atoms in total. The van der Waals surface area contributed by atoms with Crippen LogP contribution in [-0.4, -0.2) is 18.1 Å². The number of methoxy groups -OCH3 is 1. The fraction of sp³-hybridized carbons (Fsp3) is 0.154. The van der Waals surface area contributed by atoms with E-state index in [1.165, 1.54) is 7.11 Å². The summed E-state index contributed by atoms with van der Waals surface area (Å²) in [5, 5.41) is 0. The number of hydrogen-bond acceptors (Lipinski definition) is 3. The summed E-state index contributed by atoms with van der Waals surface area (Å²) in [7, 11) is 1.36. The molecule has 17 heavy (non-hydrogen) atoms. The second-order valence-electron chi connectivity index (χ2n) is 3.86. The number of aromatic amines is 1. The smallest absolute Gasteiger partial charge is 0.339 e. The fourth-order valence-electron chi connectivity index (χ4n) is 1.64. The van der Waals surface area contributed by atoms with E-state index in [1.807, 2.05) is 25.1 Å². The lowest BCUT2D eigenvalue weighted by Gasteiger charge is -2.02. The monoisotopic (exact) mass is 230 g/mol. The van der Waals surface area contributed by atoms with Crippen LogP contribution in [0, 0.1) is 6.92 Å². The quantitative estimate of drug-likeness (QED) is 0.614. The Morgan fingerprint density at radius 3 is 2.76 bits per heavy atom. The number of benzene rings is 1. The van der Waals surface area contributed by atoms with E-state index in [9.17, 15) is 4.79 Å². The molecule has 1 heterocycles. The van der Waals surface area contributed by atoms with Crippen LogP contribution in [0.25, 0.3) is 11.3 Å². The molecule has 2 rings (SSSR count). The molecule has 3 N–H and O–H groups in total. The predicted octanol–water partition coefficient (Wildman–Crippen LogP) is 2.36. The fourth-order valence-corrected chi connectivity index (χ4v) is 1.64. The SMILES string of the molecule is COC(=O)c1c[nH]c(-c2ccc(N)c(C)c2)c1. The van der Waals surface area contributed by atoms with Crippen molar-refractivity contribution in [2.75, 3.05) is 12.8 Å². The van der Waals surface area contributed by atoms with Gasteiger partial charge < -0.3 is 15.5 Å². The van der Waals surface area contributed by atoms with Crippen molar-refractivity contribution >= 4 is 11.7 Å². The molecule has 0 amide bonds. The van der Waals surface area contributed by atoms with E-state index in [2.05, 4.69) is 9.72 Å². The number of aryl methyl sites for hydroxylation is 1. The number of rotatable bonds is 2. The van der Waals surface area contributed by atoms with E-state index in [0.29, 0.717) is 5.56 Å². The minimum atomic E-state index is -0.348. The first-order valence-corrected chi connectivity index (χ1v) is 5.25. The van der Waals surface area contributed by atoms with E-state index in [4.69, 9.17) is 5.73 Å². The Labute approximate surface area is 99.4 Å². The molecule has 0 unspecified atom stereocenters. The van der Waals surface area contributed by atoms with Crippen molar-refractivity contribution in [1.29, 1.82) is 0 Å². The van der Waals surface area contributed by atoms with E-state index >= 15 is 0 Å². The molecule has 4 heteroatoms. The van der Waals surface area contributed by atoms with E-state index in [0.717, 1.165) is 22.5 Å². The minimum absolute atomic E-state index is 0.348. The van der Waals surface area contributed by atoms with Gasteiger partial charge in [0.2, 0.25) is 0 Å². The standard InChI is InChI=1S/C13H14N2O2/c1-8-5-9(3-4-11(8)14)12-6-10(7-15-12)13(16)17-2/h3-7,15H,14H2,1-2H3. The average molecular weight is 230 g/mol. The summed E-state index contributed by atoms with van der Waals surface area (Å²) in [5.41, 5.74) is 9.90. The van der Waals surface area contributed by atoms with Crippen LogP contribution >= 0.6 is 0 Å². The summed E-state index contributed by atoms with van der Waals surface area (Å²) in [6.45, 7) is 1.95. The zero-order valence-corrected chi connectivity index (χ0v) is 9.78. The average Bonchev–Trinajstić information content (AvgIpc) is 2.81. The van der Waals surface area contributed by atoms with Crippen molar-refractivity contribution in [3.63, 3.8) is 0 Å². The maximum Gasteiger partial charge on any atom is 0.339 e. The van der Waals surface area contributed by atoms with Crippen molar-refractivity contribution in [3.05, 3.63) is 41.6 Å². The van der Waals surface area contributed by atoms with Gasteiger partial charge in [0.25, 0.3) is 0 Å². The maximum absolute atomic E-state index is 11.3. The Balaban J connectivity index is 2.37. The number of nitrogens with two attached hydrogens (primary N) is 1. The first kappa shape index (κ1) is 11.3. The lowest BCUT2D eigenvalue weighted by Crippen LogP contribution is -1.98. The molecule has 0 aliphatic heterocycles. The van der Waals surface area contributed by atoms with Gasteiger partial charge in [-0.2, -0.15) is 0 Å². The number of H-pyrrole nitrogens is 1. The number of carbonyl (C=O) groups excluding carboxylic acids is 1. The molecular weight excluding hydrogens is 216 g/mol. The van der Waals surface area contributed by atoms with Crippen molar-refractivity contribution in [3.8, 4) is 11.3 Å². The molecule has 0 atom stereocenters. The number of carbonyl (C=O) groups is 1. The second kappa shape index (κ2) is 4.33. The van der Waals surface area contributed by atoms with E-state index < -0.39 is 0 Å². The molecule has 0 bridgehead atoms. The van der Waals surface area contributed by atoms with Crippen LogP contribution in [-0.2, 0) is 4.74 Å². The van der Waals surface area contributed by atoms with Crippen LogP contribution in [0.3, 0.4) is 0 Å². The summed E-state index contributed by atoms with van der Waals surface area (Å²) in [4.78, 5) is 14.4. The highest BCUT2D eigenvalue weighted by atomic mass is 16.5. The molecule has 1 aromatic carbocycles. The number of anilines is 1. The van der Waals surface area contributed by atoms with Crippen molar-refractivity contribution < 1.29 is 9.53 Å². The molecule has 0 spiro atoms. The molecule has 0 aliphatic rings. The third-order valence-electron chi connectivity index (χ3n) is 2.68. The molecule has 2 aromatic rings. The van der Waals surface area contributed by atoms with Gasteiger partial charge in [0.15, 0.2) is 0 Å². The number of ether oxygens (including phenoxy) is 1. The topological polar surface area (TPSA) is 68.1 Å². The highest BCUT2D eigenvalue weighted by Gasteiger charge is 2.09. The van der Waals surface area contributed by atoms with Crippen LogP contribution in [0.1, 0.15) is 15.9 Å². The summed E-state index contributed by atoms with van der Waals surface area (Å²) in [5.74, 6) is -0.348. The predicted molar refractivity (Wildman–Crippen MR) is 66.7 cm³/mol. The maximum atomic E-state index is 11.3. The molecule has 1 aromatic heterocycles. The Bertz CT molecular complexity index is 558. The van der Waals surface area contributed by atoms with E-state index in [1.54, 1.807) is 12.3 Å². The van der Waals surface area contributed by atoms with Gasteiger partial charge in [0, 0.05) is 17.6 Å². The van der Waals surface area contributed by atoms with Gasteiger partial charge in [0.1, 0.15) is 0 Å². The zero-order chi connectivity index (χ0) is 12.4. The van der Waals surface area contributed by atoms with Crippen LogP contribution in [0.5, 0.6) is 0 Å². The van der Waals surface area contributed by atoms with Crippen molar-refractivity contribution in [2.24, 2.45) is 0 Å². The third kappa shape index (κ3) is 2.15. The van der Waals surface area contributed by atoms with Gasteiger partial charge in [-0.3, -0.25) is 0 Å². The molecule has 0 radical (unpaired) electrons. The molecular formula is C13H14N2O2. The van der Waals surface area contributed by atoms with Gasteiger partial charge in [-0.25, -0.2) is 4.79 Å². The highest BCUT2D eigenvalue weighted by Crippen LogP contribution is 2.23. The van der Waals surface area contributed by atoms with Gasteiger partial charge >= 0.3 is 5.97 Å². The summed E-state index contributed by atoms with van der Waals surface area (Å²) in [6.07, 6.45) is 1.63. The number of nitrogen functional groups attached to an aromatic ring is 1. The van der Waals surface area contributed by atoms with Crippen molar-refractivity contribution in [1.82, 2.24) is 4.98 Å². The lowest BCUT2D eigenvalue weighted by atomic mass is 10.1.